The van der Waals surface area contributed by atoms with Gasteiger partial charge in [-0.1, -0.05) is 0 Å². The van der Waals surface area contributed by atoms with Gasteiger partial charge in [-0.2, -0.15) is 0 Å². The van der Waals surface area contributed by atoms with Crippen LogP contribution in [0.2, 0.25) is 0 Å². The van der Waals surface area contributed by atoms with Gasteiger partial charge in [0.15, 0.2) is 0 Å². The molecule has 26 heavy (non-hydrogen) atoms. The van der Waals surface area contributed by atoms with Crippen molar-refractivity contribution >= 4 is 17.8 Å². The van der Waals surface area contributed by atoms with Crippen molar-refractivity contribution in [3.63, 3.8) is 0 Å². The number of ether oxygens (including phenoxy) is 2. The second-order valence-corrected chi connectivity index (χ2v) is 6.10. The van der Waals surface area contributed by atoms with Gasteiger partial charge in [-0.15, -0.1) is 0 Å². The number of likely N-dealkylation sites (tertiary alicyclic amines) is 1. The standard InChI is InChI=1S/C18H24N2O6/c1-25-14-9-13(10-15(11-14)26-2)18(24)20-7-4-12(5-8-20)17(23)19-6-3-16(21)22/h9-12H,3-8H2,1-2H3,(H,19,23)(H,21,22). The minimum absolute atomic E-state index is 0.0965. The molecule has 1 aromatic rings. The Kier molecular flexibility index (Phi) is 6.82. The molecule has 0 unspecified atom stereocenters. The van der Waals surface area contributed by atoms with Crippen LogP contribution >= 0.6 is 0 Å². The summed E-state index contributed by atoms with van der Waals surface area (Å²) in [5, 5.41) is 11.2. The maximum Gasteiger partial charge on any atom is 0.305 e. The molecule has 1 heterocycles. The molecule has 1 fully saturated rings. The molecule has 8 nitrogen and oxygen atoms in total. The van der Waals surface area contributed by atoms with Crippen molar-refractivity contribution in [2.45, 2.75) is 19.3 Å². The van der Waals surface area contributed by atoms with Crippen LogP contribution in [0.3, 0.4) is 0 Å². The first-order valence-corrected chi connectivity index (χ1v) is 8.46. The first-order valence-electron chi connectivity index (χ1n) is 8.46. The van der Waals surface area contributed by atoms with Crippen LogP contribution in [0, 0.1) is 5.92 Å². The van der Waals surface area contributed by atoms with Gasteiger partial charge in [0.05, 0.1) is 20.6 Å². The highest BCUT2D eigenvalue weighted by Gasteiger charge is 2.28. The molecule has 0 radical (unpaired) electrons. The first kappa shape index (κ1) is 19.6. The molecule has 0 spiro atoms. The Balaban J connectivity index is 1.92. The quantitative estimate of drug-likeness (QED) is 0.752. The average molecular weight is 364 g/mol. The van der Waals surface area contributed by atoms with E-state index < -0.39 is 5.97 Å². The molecular weight excluding hydrogens is 340 g/mol. The summed E-state index contributed by atoms with van der Waals surface area (Å²) >= 11 is 0. The Morgan fingerprint density at radius 1 is 1.12 bits per heavy atom. The number of amides is 2. The molecule has 0 aromatic heterocycles. The van der Waals surface area contributed by atoms with Crippen LogP contribution in [0.15, 0.2) is 18.2 Å². The highest BCUT2D eigenvalue weighted by atomic mass is 16.5. The predicted octanol–water partition coefficient (Wildman–Crippen LogP) is 1.15. The number of rotatable bonds is 7. The molecule has 0 bridgehead atoms. The Labute approximate surface area is 152 Å². The lowest BCUT2D eigenvalue weighted by molar-refractivity contribution is -0.137. The number of carboxylic acids is 1. The van der Waals surface area contributed by atoms with Gasteiger partial charge >= 0.3 is 5.97 Å². The Morgan fingerprint density at radius 2 is 1.69 bits per heavy atom. The van der Waals surface area contributed by atoms with Crippen LogP contribution in [-0.2, 0) is 9.59 Å². The number of hydrogen-bond acceptors (Lipinski definition) is 5. The molecule has 1 saturated heterocycles. The number of nitrogens with one attached hydrogen (secondary N) is 1. The Hall–Kier alpha value is -2.77. The smallest absolute Gasteiger partial charge is 0.305 e. The summed E-state index contributed by atoms with van der Waals surface area (Å²) in [6.07, 6.45) is 0.998. The van der Waals surface area contributed by atoms with Crippen molar-refractivity contribution < 1.29 is 29.0 Å². The summed E-state index contributed by atoms with van der Waals surface area (Å²) in [6, 6.07) is 5.02. The third kappa shape index (κ3) is 5.11. The molecule has 2 amide bonds. The molecule has 0 saturated carbocycles. The van der Waals surface area contributed by atoms with Crippen molar-refractivity contribution in [2.75, 3.05) is 33.9 Å². The van der Waals surface area contributed by atoms with E-state index in [0.717, 1.165) is 0 Å². The zero-order chi connectivity index (χ0) is 19.1. The van der Waals surface area contributed by atoms with E-state index in [4.69, 9.17) is 14.6 Å². The number of aliphatic carboxylic acids is 1. The van der Waals surface area contributed by atoms with Gasteiger partial charge in [-0.3, -0.25) is 14.4 Å². The molecule has 0 atom stereocenters. The van der Waals surface area contributed by atoms with E-state index in [2.05, 4.69) is 5.32 Å². The van der Waals surface area contributed by atoms with E-state index in [1.54, 1.807) is 23.1 Å². The number of hydrogen-bond donors (Lipinski definition) is 2. The molecule has 1 aromatic carbocycles. The molecule has 2 N–H and O–H groups in total. The van der Waals surface area contributed by atoms with E-state index in [1.807, 2.05) is 0 Å². The number of piperidine rings is 1. The average Bonchev–Trinajstić information content (AvgIpc) is 2.66. The van der Waals surface area contributed by atoms with E-state index in [-0.39, 0.29) is 30.7 Å². The summed E-state index contributed by atoms with van der Waals surface area (Å²) in [4.78, 5) is 37.0. The van der Waals surface area contributed by atoms with Crippen molar-refractivity contribution in [1.29, 1.82) is 0 Å². The molecule has 2 rings (SSSR count). The largest absolute Gasteiger partial charge is 0.497 e. The predicted molar refractivity (Wildman–Crippen MR) is 93.4 cm³/mol. The van der Waals surface area contributed by atoms with Gasteiger partial charge in [0.25, 0.3) is 5.91 Å². The third-order valence-corrected chi connectivity index (χ3v) is 4.39. The lowest BCUT2D eigenvalue weighted by Gasteiger charge is -2.31. The van der Waals surface area contributed by atoms with Gasteiger partial charge in [-0.25, -0.2) is 0 Å². The number of benzene rings is 1. The highest BCUT2D eigenvalue weighted by molar-refractivity contribution is 5.95. The second-order valence-electron chi connectivity index (χ2n) is 6.10. The maximum absolute atomic E-state index is 12.7. The summed E-state index contributed by atoms with van der Waals surface area (Å²) in [5.41, 5.74) is 0.477. The van der Waals surface area contributed by atoms with E-state index >= 15 is 0 Å². The van der Waals surface area contributed by atoms with Gasteiger partial charge in [0.2, 0.25) is 5.91 Å². The SMILES string of the molecule is COc1cc(OC)cc(C(=O)N2CCC(C(=O)NCCC(=O)O)CC2)c1. The molecule has 0 aliphatic carbocycles. The number of nitrogens with zero attached hydrogens (tertiary/aromatic N) is 1. The lowest BCUT2D eigenvalue weighted by atomic mass is 9.95. The normalized spacial score (nSPS) is 14.6. The summed E-state index contributed by atoms with van der Waals surface area (Å²) < 4.78 is 10.4. The Morgan fingerprint density at radius 3 is 2.19 bits per heavy atom. The minimum Gasteiger partial charge on any atom is -0.497 e. The topological polar surface area (TPSA) is 105 Å². The van der Waals surface area contributed by atoms with Gasteiger partial charge in [0.1, 0.15) is 11.5 Å². The van der Waals surface area contributed by atoms with Crippen molar-refractivity contribution in [2.24, 2.45) is 5.92 Å². The van der Waals surface area contributed by atoms with Crippen LogP contribution in [0.1, 0.15) is 29.6 Å². The monoisotopic (exact) mass is 364 g/mol. The third-order valence-electron chi connectivity index (χ3n) is 4.39. The van der Waals surface area contributed by atoms with Crippen LogP contribution in [0.25, 0.3) is 0 Å². The zero-order valence-electron chi connectivity index (χ0n) is 15.0. The summed E-state index contributed by atoms with van der Waals surface area (Å²) in [6.45, 7) is 1.06. The van der Waals surface area contributed by atoms with E-state index in [9.17, 15) is 14.4 Å². The van der Waals surface area contributed by atoms with Crippen LogP contribution in [0.4, 0.5) is 0 Å². The van der Waals surface area contributed by atoms with Crippen molar-refractivity contribution in [3.8, 4) is 11.5 Å². The van der Waals surface area contributed by atoms with Crippen molar-refractivity contribution in [1.82, 2.24) is 10.2 Å². The number of carbonyl (C=O) groups is 3. The van der Waals surface area contributed by atoms with Gasteiger partial charge in [-0.05, 0) is 25.0 Å². The van der Waals surface area contributed by atoms with E-state index in [0.29, 0.717) is 43.0 Å². The van der Waals surface area contributed by atoms with Crippen LogP contribution in [0.5, 0.6) is 11.5 Å². The minimum atomic E-state index is -0.945. The fourth-order valence-corrected chi connectivity index (χ4v) is 2.90. The summed E-state index contributed by atoms with van der Waals surface area (Å²) in [5.74, 6) is -0.346. The maximum atomic E-state index is 12.7. The number of carboxylic acid groups (broad SMARTS) is 1. The van der Waals surface area contributed by atoms with E-state index in [1.165, 1.54) is 14.2 Å². The van der Waals surface area contributed by atoms with Crippen molar-refractivity contribution in [3.05, 3.63) is 23.8 Å². The second kappa shape index (κ2) is 9.07. The number of methoxy groups -OCH3 is 2. The first-order chi connectivity index (χ1) is 12.4. The van der Waals surface area contributed by atoms with Crippen LogP contribution < -0.4 is 14.8 Å². The number of carbonyl (C=O) groups excluding carboxylic acids is 2. The van der Waals surface area contributed by atoms with Gasteiger partial charge < -0.3 is 24.8 Å². The Bertz CT molecular complexity index is 645. The summed E-state index contributed by atoms with van der Waals surface area (Å²) in [7, 11) is 3.05. The van der Waals surface area contributed by atoms with Crippen LogP contribution in [-0.4, -0.2) is 61.6 Å². The lowest BCUT2D eigenvalue weighted by Crippen LogP contribution is -2.43. The molecule has 1 aliphatic rings. The molecule has 142 valence electrons. The molecule has 8 heteroatoms. The fourth-order valence-electron chi connectivity index (χ4n) is 2.90. The zero-order valence-corrected chi connectivity index (χ0v) is 15.0. The van der Waals surface area contributed by atoms with Gasteiger partial charge in [0, 0.05) is 37.2 Å². The molecular formula is C18H24N2O6. The molecule has 1 aliphatic heterocycles. The highest BCUT2D eigenvalue weighted by Crippen LogP contribution is 2.25. The fraction of sp³-hybridized carbons (Fsp3) is 0.500.